The number of aromatic hydroxyl groups is 4. The third-order valence-electron chi connectivity index (χ3n) is 9.47. The number of nitrogens with one attached hydrogen (secondary N) is 1. The maximum atomic E-state index is 12.0. The Balaban J connectivity index is 0.00000627. The van der Waals surface area contributed by atoms with Crippen molar-refractivity contribution in [2.75, 3.05) is 70.7 Å². The van der Waals surface area contributed by atoms with E-state index in [-0.39, 0.29) is 72.6 Å². The van der Waals surface area contributed by atoms with Gasteiger partial charge < -0.3 is 50.2 Å². The molecule has 53 heavy (non-hydrogen) atoms. The van der Waals surface area contributed by atoms with E-state index in [4.69, 9.17) is 4.84 Å². The zero-order valence-electron chi connectivity index (χ0n) is 29.9. The number of phenolic OH excluding ortho intramolecular Hbond substituents is 4. The molecule has 0 spiro atoms. The average Bonchev–Trinajstić information content (AvgIpc) is 3.36. The van der Waals surface area contributed by atoms with Crippen molar-refractivity contribution in [2.45, 2.75) is 52.0 Å². The van der Waals surface area contributed by atoms with Gasteiger partial charge in [-0.2, -0.15) is 0 Å². The van der Waals surface area contributed by atoms with Crippen LogP contribution in [0.4, 0.5) is 11.4 Å². The van der Waals surface area contributed by atoms with E-state index in [9.17, 15) is 45.0 Å². The standard InChI is InChI=1S/C37H47N5O10.CH4/c1-38(2)35-25(43)16-22(17-26(35)44)34(23-18-27(45)36(39(3)4)28(46)19-23)24-20-29(47)37(30(48)21-24)41-14-12-40(13-15-41)11-7-5-6-8-33(51)52-42-31(49)9-10-32(42)50;/h16-21,35,43-48H,5-15H2,1-4H3;1H4/p+1. The molecule has 2 heterocycles. The van der Waals surface area contributed by atoms with Crippen LogP contribution in [0.25, 0.3) is 5.57 Å². The molecule has 5 rings (SSSR count). The van der Waals surface area contributed by atoms with Crippen LogP contribution in [-0.2, 0) is 19.2 Å². The van der Waals surface area contributed by atoms with Crippen LogP contribution in [0.5, 0.6) is 23.0 Å². The van der Waals surface area contributed by atoms with Gasteiger partial charge in [0, 0.05) is 59.5 Å². The van der Waals surface area contributed by atoms with Crippen molar-refractivity contribution in [1.29, 1.82) is 0 Å². The van der Waals surface area contributed by atoms with Crippen molar-refractivity contribution in [2.24, 2.45) is 0 Å². The van der Waals surface area contributed by atoms with E-state index in [0.29, 0.717) is 59.9 Å². The van der Waals surface area contributed by atoms with E-state index < -0.39 is 23.8 Å². The molecule has 2 aliphatic heterocycles. The van der Waals surface area contributed by atoms with Crippen molar-refractivity contribution < 1.29 is 54.8 Å². The van der Waals surface area contributed by atoms with Gasteiger partial charge in [0.15, 0.2) is 11.5 Å². The normalized spacial score (nSPS) is 17.8. The molecule has 0 bridgehead atoms. The first-order valence-electron chi connectivity index (χ1n) is 17.4. The number of carbonyl (C=O) groups is 3. The summed E-state index contributed by atoms with van der Waals surface area (Å²) < 4.78 is 0. The summed E-state index contributed by atoms with van der Waals surface area (Å²) in [7, 11) is 6.91. The lowest BCUT2D eigenvalue weighted by Crippen LogP contribution is -3.10. The number of allylic oxidation sites excluding steroid dienone is 3. The highest BCUT2D eigenvalue weighted by atomic mass is 16.7. The van der Waals surface area contributed by atoms with Crippen molar-refractivity contribution in [3.8, 4) is 23.0 Å². The largest absolute Gasteiger partial charge is 0.506 e. The summed E-state index contributed by atoms with van der Waals surface area (Å²) in [6, 6.07) is 5.11. The lowest BCUT2D eigenvalue weighted by molar-refractivity contribution is -0.877. The molecule has 3 aliphatic rings. The molecule has 2 amide bonds. The Kier molecular flexibility index (Phi) is 12.9. The topological polar surface area (TPSA) is 199 Å². The van der Waals surface area contributed by atoms with Crippen LogP contribution in [0, 0.1) is 0 Å². The quantitative estimate of drug-likeness (QED) is 0.124. The number of aliphatic hydroxyl groups is 2. The molecule has 288 valence electrons. The van der Waals surface area contributed by atoms with Crippen LogP contribution in [0.1, 0.15) is 57.1 Å². The predicted molar refractivity (Wildman–Crippen MR) is 199 cm³/mol. The summed E-state index contributed by atoms with van der Waals surface area (Å²) >= 11 is 0. The fraction of sp³-hybridized carbons (Fsp3) is 0.447. The Morgan fingerprint density at radius 2 is 1.30 bits per heavy atom. The van der Waals surface area contributed by atoms with Crippen LogP contribution in [0.15, 0.2) is 53.5 Å². The number of benzene rings is 2. The third kappa shape index (κ3) is 8.98. The van der Waals surface area contributed by atoms with Gasteiger partial charge in [0.2, 0.25) is 6.04 Å². The SMILES string of the molecule is C.CN(C)c1c(O)cc(C(=C2C=C(O)C([NH+](C)C)C(O)=C2)c2cc(O)c(N3CCN(CCCCCC(=O)ON4C(=O)CCC4=O)CC3)c(O)c2)cc1O. The second kappa shape index (κ2) is 16.9. The number of amides is 2. The number of piperazine rings is 1. The fourth-order valence-electron chi connectivity index (χ4n) is 6.98. The van der Waals surface area contributed by atoms with Crippen molar-refractivity contribution in [3.63, 3.8) is 0 Å². The number of imide groups is 1. The lowest BCUT2D eigenvalue weighted by atomic mass is 9.88. The Hall–Kier alpha value is -5.41. The maximum absolute atomic E-state index is 12.0. The molecule has 0 unspecified atom stereocenters. The number of carbonyl (C=O) groups excluding carboxylic acids is 3. The number of phenols is 4. The number of aliphatic hydroxyl groups excluding tert-OH is 2. The van der Waals surface area contributed by atoms with Crippen LogP contribution < -0.4 is 14.7 Å². The molecule has 15 nitrogen and oxygen atoms in total. The van der Waals surface area contributed by atoms with Gasteiger partial charge in [-0.3, -0.25) is 14.5 Å². The zero-order chi connectivity index (χ0) is 37.9. The second-order valence-electron chi connectivity index (χ2n) is 13.8. The number of rotatable bonds is 12. The minimum atomic E-state index is -0.699. The highest BCUT2D eigenvalue weighted by molar-refractivity contribution is 6.01. The Labute approximate surface area is 309 Å². The van der Waals surface area contributed by atoms with Crippen molar-refractivity contribution in [3.05, 3.63) is 64.6 Å². The highest BCUT2D eigenvalue weighted by Crippen LogP contribution is 2.45. The van der Waals surface area contributed by atoms with E-state index in [1.807, 2.05) is 4.90 Å². The Morgan fingerprint density at radius 1 is 0.792 bits per heavy atom. The van der Waals surface area contributed by atoms with Crippen LogP contribution >= 0.6 is 0 Å². The summed E-state index contributed by atoms with van der Waals surface area (Å²) in [6.45, 7) is 3.15. The van der Waals surface area contributed by atoms with Crippen LogP contribution in [-0.4, -0.2) is 125 Å². The molecule has 1 aliphatic carbocycles. The molecule has 2 saturated heterocycles. The summed E-state index contributed by atoms with van der Waals surface area (Å²) in [5.74, 6) is -2.65. The molecule has 0 saturated carbocycles. The number of hydrogen-bond acceptors (Lipinski definition) is 13. The fourth-order valence-corrected chi connectivity index (χ4v) is 6.98. The summed E-state index contributed by atoms with van der Waals surface area (Å²) in [6.07, 6.45) is 5.31. The predicted octanol–water partition coefficient (Wildman–Crippen LogP) is 2.71. The molecule has 0 aromatic heterocycles. The third-order valence-corrected chi connectivity index (χ3v) is 9.47. The highest BCUT2D eigenvalue weighted by Gasteiger charge is 2.33. The molecule has 0 atom stereocenters. The molecule has 2 aromatic carbocycles. The molecule has 0 radical (unpaired) electrons. The van der Waals surface area contributed by atoms with Crippen molar-refractivity contribution >= 4 is 34.7 Å². The first-order valence-corrected chi connectivity index (χ1v) is 17.4. The minimum absolute atomic E-state index is 0. The van der Waals surface area contributed by atoms with Gasteiger partial charge in [-0.15, -0.1) is 5.06 Å². The van der Waals surface area contributed by atoms with Gasteiger partial charge in [-0.25, -0.2) is 4.79 Å². The van der Waals surface area contributed by atoms with Gasteiger partial charge in [-0.05, 0) is 78.1 Å². The molecular formula is C38H52N5O10+. The summed E-state index contributed by atoms with van der Waals surface area (Å²) in [5.41, 5.74) is 1.74. The van der Waals surface area contributed by atoms with Gasteiger partial charge >= 0.3 is 5.97 Å². The maximum Gasteiger partial charge on any atom is 0.333 e. The zero-order valence-corrected chi connectivity index (χ0v) is 29.9. The smallest absolute Gasteiger partial charge is 0.333 e. The molecule has 7 N–H and O–H groups in total. The van der Waals surface area contributed by atoms with Gasteiger partial charge in [0.05, 0.1) is 14.1 Å². The minimum Gasteiger partial charge on any atom is -0.506 e. The average molecular weight is 739 g/mol. The lowest BCUT2D eigenvalue weighted by Gasteiger charge is -2.36. The first-order chi connectivity index (χ1) is 24.7. The Bertz CT molecular complexity index is 1730. The van der Waals surface area contributed by atoms with Gasteiger partial charge in [0.1, 0.15) is 34.4 Å². The number of unbranched alkanes of at least 4 members (excludes halogenated alkanes) is 2. The van der Waals surface area contributed by atoms with E-state index in [2.05, 4.69) is 4.90 Å². The molecule has 2 aromatic rings. The van der Waals surface area contributed by atoms with E-state index in [1.54, 1.807) is 33.1 Å². The molecule has 15 heteroatoms. The van der Waals surface area contributed by atoms with E-state index in [1.165, 1.54) is 36.4 Å². The monoisotopic (exact) mass is 738 g/mol. The second-order valence-corrected chi connectivity index (χ2v) is 13.8. The number of quaternary nitrogens is 1. The first kappa shape index (κ1) is 40.4. The number of likely N-dealkylation sites (N-methyl/N-ethyl adjacent to an activating group) is 1. The Morgan fingerprint density at radius 3 is 1.79 bits per heavy atom. The number of anilines is 2. The van der Waals surface area contributed by atoms with E-state index in [0.717, 1.165) is 24.3 Å². The van der Waals surface area contributed by atoms with E-state index >= 15 is 0 Å². The summed E-state index contributed by atoms with van der Waals surface area (Å²) in [4.78, 5) is 46.7. The van der Waals surface area contributed by atoms with Crippen LogP contribution in [0.3, 0.4) is 0 Å². The van der Waals surface area contributed by atoms with Gasteiger partial charge in [-0.1, -0.05) is 13.8 Å². The van der Waals surface area contributed by atoms with Gasteiger partial charge in [0.25, 0.3) is 11.8 Å². The number of hydrogen-bond donors (Lipinski definition) is 7. The number of nitrogens with zero attached hydrogens (tertiary/aromatic N) is 4. The number of hydroxylamine groups is 2. The van der Waals surface area contributed by atoms with Crippen LogP contribution in [0.2, 0.25) is 0 Å². The summed E-state index contributed by atoms with van der Waals surface area (Å²) in [5, 5.41) is 66.8. The van der Waals surface area contributed by atoms with Crippen molar-refractivity contribution in [1.82, 2.24) is 9.96 Å². The molecular weight excluding hydrogens is 686 g/mol. The molecule has 2 fully saturated rings.